The second-order valence-corrected chi connectivity index (χ2v) is 5.66. The number of hydrogen-bond donors (Lipinski definition) is 1. The Kier molecular flexibility index (Phi) is 3.40. The summed E-state index contributed by atoms with van der Waals surface area (Å²) in [5.41, 5.74) is 6.11. The lowest BCUT2D eigenvalue weighted by Gasteiger charge is -2.23. The molecule has 2 aromatic rings. The molecule has 5 heteroatoms. The summed E-state index contributed by atoms with van der Waals surface area (Å²) in [6.07, 6.45) is 3.60. The molecular formula is C14H16N2O2S. The van der Waals surface area contributed by atoms with Crippen LogP contribution in [-0.2, 0) is 6.54 Å². The van der Waals surface area contributed by atoms with Gasteiger partial charge in [0.05, 0.1) is 18.2 Å². The van der Waals surface area contributed by atoms with Gasteiger partial charge in [0.1, 0.15) is 12.0 Å². The fraction of sp³-hybridized carbons (Fsp3) is 0.357. The van der Waals surface area contributed by atoms with Crippen LogP contribution in [0.2, 0.25) is 0 Å². The first kappa shape index (κ1) is 12.4. The molecule has 2 N–H and O–H groups in total. The molecule has 1 aliphatic rings. The topological polar surface area (TPSA) is 59.5 Å². The van der Waals surface area contributed by atoms with Crippen molar-refractivity contribution >= 4 is 17.2 Å². The quantitative estimate of drug-likeness (QED) is 0.937. The van der Waals surface area contributed by atoms with E-state index < -0.39 is 0 Å². The summed E-state index contributed by atoms with van der Waals surface area (Å²) in [5.74, 6) is 0.689. The van der Waals surface area contributed by atoms with Crippen LogP contribution in [0.25, 0.3) is 0 Å². The molecule has 100 valence electrons. The number of nitrogens with two attached hydrogens (primary N) is 1. The minimum absolute atomic E-state index is 0.0411. The summed E-state index contributed by atoms with van der Waals surface area (Å²) in [6.45, 7) is 1.13. The van der Waals surface area contributed by atoms with Crippen LogP contribution in [0.5, 0.6) is 0 Å². The Balaban J connectivity index is 1.82. The normalized spacial score (nSPS) is 19.0. The van der Waals surface area contributed by atoms with E-state index in [1.807, 2.05) is 11.0 Å². The van der Waals surface area contributed by atoms with E-state index >= 15 is 0 Å². The number of amides is 1. The number of thiophene rings is 1. The number of furan rings is 1. The van der Waals surface area contributed by atoms with Gasteiger partial charge in [-0.1, -0.05) is 6.07 Å². The summed E-state index contributed by atoms with van der Waals surface area (Å²) in [5, 5.41) is 2.06. The van der Waals surface area contributed by atoms with Gasteiger partial charge in [0, 0.05) is 11.4 Å². The van der Waals surface area contributed by atoms with Crippen molar-refractivity contribution in [3.05, 3.63) is 46.0 Å². The predicted octanol–water partition coefficient (Wildman–Crippen LogP) is 2.78. The number of likely N-dealkylation sites (tertiary alicyclic amines) is 1. The fourth-order valence-corrected chi connectivity index (χ4v) is 3.43. The molecule has 1 fully saturated rings. The van der Waals surface area contributed by atoms with Crippen molar-refractivity contribution in [1.82, 2.24) is 4.90 Å². The van der Waals surface area contributed by atoms with Gasteiger partial charge in [0.2, 0.25) is 0 Å². The molecule has 0 spiro atoms. The van der Waals surface area contributed by atoms with Gasteiger partial charge in [-0.05, 0) is 30.4 Å². The van der Waals surface area contributed by atoms with Crippen LogP contribution >= 0.6 is 11.3 Å². The number of hydrogen-bond acceptors (Lipinski definition) is 4. The lowest BCUT2D eigenvalue weighted by atomic mass is 10.1. The Hall–Kier alpha value is -1.59. The highest BCUT2D eigenvalue weighted by Gasteiger charge is 2.31. The van der Waals surface area contributed by atoms with Crippen molar-refractivity contribution in [2.45, 2.75) is 25.4 Å². The van der Waals surface area contributed by atoms with E-state index in [9.17, 15) is 4.79 Å². The standard InChI is InChI=1S/C14H16N2O2S/c15-8-11-7-10(9-18-11)14(17)16-5-1-3-12(16)13-4-2-6-19-13/h2,4,6-7,9,12H,1,3,5,8,15H2. The Morgan fingerprint density at radius 3 is 3.16 bits per heavy atom. The third kappa shape index (κ3) is 2.31. The number of carbonyl (C=O) groups excluding carboxylic acids is 1. The Bertz CT molecular complexity index is 562. The highest BCUT2D eigenvalue weighted by Crippen LogP contribution is 2.35. The molecule has 4 nitrogen and oxygen atoms in total. The van der Waals surface area contributed by atoms with Gasteiger partial charge in [0.15, 0.2) is 0 Å². The Labute approximate surface area is 115 Å². The molecule has 3 heterocycles. The molecule has 1 aliphatic heterocycles. The Morgan fingerprint density at radius 2 is 2.47 bits per heavy atom. The van der Waals surface area contributed by atoms with Crippen LogP contribution < -0.4 is 5.73 Å². The van der Waals surface area contributed by atoms with Crippen molar-refractivity contribution in [3.63, 3.8) is 0 Å². The summed E-state index contributed by atoms with van der Waals surface area (Å²) < 4.78 is 5.25. The summed E-state index contributed by atoms with van der Waals surface area (Å²) in [4.78, 5) is 15.7. The van der Waals surface area contributed by atoms with Crippen LogP contribution in [0, 0.1) is 0 Å². The minimum Gasteiger partial charge on any atom is -0.467 e. The van der Waals surface area contributed by atoms with E-state index in [1.54, 1.807) is 17.4 Å². The zero-order chi connectivity index (χ0) is 13.2. The average molecular weight is 276 g/mol. The summed E-state index contributed by atoms with van der Waals surface area (Å²) in [6, 6.07) is 6.09. The van der Waals surface area contributed by atoms with Crippen molar-refractivity contribution < 1.29 is 9.21 Å². The van der Waals surface area contributed by atoms with Crippen LogP contribution in [0.1, 0.15) is 39.9 Å². The lowest BCUT2D eigenvalue weighted by Crippen LogP contribution is -2.29. The van der Waals surface area contributed by atoms with E-state index in [-0.39, 0.29) is 11.9 Å². The van der Waals surface area contributed by atoms with Gasteiger partial charge in [-0.25, -0.2) is 0 Å². The van der Waals surface area contributed by atoms with Gasteiger partial charge in [-0.15, -0.1) is 11.3 Å². The summed E-state index contributed by atoms with van der Waals surface area (Å²) >= 11 is 1.71. The molecule has 1 saturated heterocycles. The van der Waals surface area contributed by atoms with Gasteiger partial charge < -0.3 is 15.1 Å². The largest absolute Gasteiger partial charge is 0.467 e. The van der Waals surface area contributed by atoms with Crippen LogP contribution in [-0.4, -0.2) is 17.4 Å². The van der Waals surface area contributed by atoms with Crippen molar-refractivity contribution in [1.29, 1.82) is 0 Å². The van der Waals surface area contributed by atoms with Crippen molar-refractivity contribution in [2.75, 3.05) is 6.54 Å². The zero-order valence-electron chi connectivity index (χ0n) is 10.5. The molecule has 19 heavy (non-hydrogen) atoms. The first-order valence-corrected chi connectivity index (χ1v) is 7.29. The second kappa shape index (κ2) is 5.19. The second-order valence-electron chi connectivity index (χ2n) is 4.68. The molecule has 1 atom stereocenters. The van der Waals surface area contributed by atoms with Crippen molar-refractivity contribution in [3.8, 4) is 0 Å². The SMILES string of the molecule is NCc1cc(C(=O)N2CCCC2c2cccs2)co1. The average Bonchev–Trinajstić information content (AvgIpc) is 3.16. The number of carbonyl (C=O) groups is 1. The first-order valence-electron chi connectivity index (χ1n) is 6.41. The van der Waals surface area contributed by atoms with E-state index in [4.69, 9.17) is 10.2 Å². The summed E-state index contributed by atoms with van der Waals surface area (Å²) in [7, 11) is 0. The van der Waals surface area contributed by atoms with E-state index in [2.05, 4.69) is 11.4 Å². The Morgan fingerprint density at radius 1 is 1.58 bits per heavy atom. The van der Waals surface area contributed by atoms with Crippen LogP contribution in [0.3, 0.4) is 0 Å². The molecular weight excluding hydrogens is 260 g/mol. The molecule has 1 unspecified atom stereocenters. The molecule has 2 aromatic heterocycles. The van der Waals surface area contributed by atoms with Gasteiger partial charge in [-0.3, -0.25) is 4.79 Å². The maximum atomic E-state index is 12.5. The third-order valence-electron chi connectivity index (χ3n) is 3.49. The molecule has 0 bridgehead atoms. The maximum Gasteiger partial charge on any atom is 0.257 e. The van der Waals surface area contributed by atoms with Gasteiger partial charge >= 0.3 is 0 Å². The molecule has 0 aliphatic carbocycles. The van der Waals surface area contributed by atoms with Crippen molar-refractivity contribution in [2.24, 2.45) is 5.73 Å². The monoisotopic (exact) mass is 276 g/mol. The highest BCUT2D eigenvalue weighted by atomic mass is 32.1. The molecule has 1 amide bonds. The lowest BCUT2D eigenvalue weighted by molar-refractivity contribution is 0.0737. The molecule has 3 rings (SSSR count). The van der Waals surface area contributed by atoms with Crippen LogP contribution in [0.4, 0.5) is 0 Å². The highest BCUT2D eigenvalue weighted by molar-refractivity contribution is 7.10. The first-order chi connectivity index (χ1) is 9.29. The zero-order valence-corrected chi connectivity index (χ0v) is 11.4. The molecule has 0 aromatic carbocycles. The van der Waals surface area contributed by atoms with E-state index in [0.717, 1.165) is 19.4 Å². The predicted molar refractivity (Wildman–Crippen MR) is 73.9 cm³/mol. The fourth-order valence-electron chi connectivity index (χ4n) is 2.55. The van der Waals surface area contributed by atoms with E-state index in [0.29, 0.717) is 17.9 Å². The molecule has 0 radical (unpaired) electrons. The maximum absolute atomic E-state index is 12.5. The van der Waals surface area contributed by atoms with Crippen LogP contribution in [0.15, 0.2) is 34.3 Å². The molecule has 0 saturated carbocycles. The number of rotatable bonds is 3. The van der Waals surface area contributed by atoms with Gasteiger partial charge in [0.25, 0.3) is 5.91 Å². The third-order valence-corrected chi connectivity index (χ3v) is 4.46. The van der Waals surface area contributed by atoms with E-state index in [1.165, 1.54) is 11.1 Å². The smallest absolute Gasteiger partial charge is 0.257 e. The minimum atomic E-state index is 0.0411. The van der Waals surface area contributed by atoms with Gasteiger partial charge in [-0.2, -0.15) is 0 Å². The number of nitrogens with zero attached hydrogens (tertiary/aromatic N) is 1.